The molecule has 1 aromatic rings. The monoisotopic (exact) mass is 310 g/mol. The van der Waals surface area contributed by atoms with Crippen LogP contribution in [0.4, 0.5) is 0 Å². The van der Waals surface area contributed by atoms with E-state index in [1.807, 2.05) is 0 Å². The fourth-order valence-corrected chi connectivity index (χ4v) is 6.49. The van der Waals surface area contributed by atoms with E-state index < -0.39 is 0 Å². The summed E-state index contributed by atoms with van der Waals surface area (Å²) >= 11 is 0. The van der Waals surface area contributed by atoms with Gasteiger partial charge in [-0.2, -0.15) is 0 Å². The first-order valence-corrected chi connectivity index (χ1v) is 9.84. The van der Waals surface area contributed by atoms with Crippen molar-refractivity contribution in [2.45, 2.75) is 68.9 Å². The largest absolute Gasteiger partial charge is 0.324 e. The van der Waals surface area contributed by atoms with Gasteiger partial charge in [-0.1, -0.05) is 37.1 Å². The molecule has 0 unspecified atom stereocenters. The van der Waals surface area contributed by atoms with Gasteiger partial charge >= 0.3 is 0 Å². The molecule has 124 valence electrons. The van der Waals surface area contributed by atoms with Gasteiger partial charge in [0.15, 0.2) is 0 Å². The van der Waals surface area contributed by atoms with Crippen molar-refractivity contribution < 1.29 is 0 Å². The summed E-state index contributed by atoms with van der Waals surface area (Å²) in [4.78, 5) is 2.87. The topological polar surface area (TPSA) is 29.3 Å². The standard InChI is InChI=1S/C21H30N2/c22-19-14-21(18-4-2-1-3-17(18)19)9-11-23(12-10-21)20-13-15-5-7-16(20)8-6-15/h1-4,15-16,19-20H,5-14,22H2/t15?,16?,19-,20+/m1/s1. The molecule has 1 heterocycles. The Morgan fingerprint density at radius 2 is 1.74 bits per heavy atom. The minimum atomic E-state index is 0.267. The lowest BCUT2D eigenvalue weighted by Crippen LogP contribution is -2.52. The number of piperidine rings is 1. The Morgan fingerprint density at radius 1 is 1.00 bits per heavy atom. The van der Waals surface area contributed by atoms with E-state index in [1.165, 1.54) is 70.0 Å². The Labute approximate surface area is 140 Å². The Morgan fingerprint density at radius 3 is 2.43 bits per heavy atom. The van der Waals surface area contributed by atoms with Crippen molar-refractivity contribution in [3.05, 3.63) is 35.4 Å². The van der Waals surface area contributed by atoms with Gasteiger partial charge in [0.1, 0.15) is 0 Å². The number of fused-ring (bicyclic) bond motifs is 5. The number of nitrogens with zero attached hydrogens (tertiary/aromatic N) is 1. The number of benzene rings is 1. The number of hydrogen-bond acceptors (Lipinski definition) is 2. The maximum absolute atomic E-state index is 6.47. The Balaban J connectivity index is 1.33. The summed E-state index contributed by atoms with van der Waals surface area (Å²) < 4.78 is 0. The molecule has 6 rings (SSSR count). The van der Waals surface area contributed by atoms with Crippen LogP contribution in [0.5, 0.6) is 0 Å². The van der Waals surface area contributed by atoms with Gasteiger partial charge in [-0.3, -0.25) is 0 Å². The zero-order valence-electron chi connectivity index (χ0n) is 14.2. The Kier molecular flexibility index (Phi) is 3.35. The van der Waals surface area contributed by atoms with E-state index in [0.717, 1.165) is 17.9 Å². The normalized spacial score (nSPS) is 38.8. The maximum Gasteiger partial charge on any atom is 0.0306 e. The summed E-state index contributed by atoms with van der Waals surface area (Å²) in [6.45, 7) is 2.60. The highest BCUT2D eigenvalue weighted by Crippen LogP contribution is 2.51. The highest BCUT2D eigenvalue weighted by atomic mass is 15.2. The third-order valence-corrected chi connectivity index (χ3v) is 7.78. The molecule has 1 aromatic carbocycles. The van der Waals surface area contributed by atoms with Gasteiger partial charge < -0.3 is 10.6 Å². The summed E-state index contributed by atoms with van der Waals surface area (Å²) in [5.41, 5.74) is 9.86. The van der Waals surface area contributed by atoms with Crippen molar-refractivity contribution in [3.8, 4) is 0 Å². The average Bonchev–Trinajstić information content (AvgIpc) is 2.89. The van der Waals surface area contributed by atoms with Gasteiger partial charge in [-0.15, -0.1) is 0 Å². The zero-order chi connectivity index (χ0) is 15.4. The van der Waals surface area contributed by atoms with E-state index in [-0.39, 0.29) is 6.04 Å². The van der Waals surface area contributed by atoms with Crippen molar-refractivity contribution in [3.63, 3.8) is 0 Å². The molecule has 2 N–H and O–H groups in total. The molecule has 0 radical (unpaired) electrons. The van der Waals surface area contributed by atoms with E-state index in [1.54, 1.807) is 5.56 Å². The lowest BCUT2D eigenvalue weighted by atomic mass is 9.66. The predicted molar refractivity (Wildman–Crippen MR) is 94.3 cm³/mol. The molecule has 4 fully saturated rings. The molecule has 4 aliphatic carbocycles. The number of likely N-dealkylation sites (tertiary alicyclic amines) is 1. The lowest BCUT2D eigenvalue weighted by Gasteiger charge is -2.51. The Bertz CT molecular complexity index is 579. The van der Waals surface area contributed by atoms with Crippen molar-refractivity contribution in [2.75, 3.05) is 13.1 Å². The summed E-state index contributed by atoms with van der Waals surface area (Å²) in [6.07, 6.45) is 11.4. The van der Waals surface area contributed by atoms with Gasteiger partial charge in [-0.05, 0) is 80.0 Å². The first kappa shape index (κ1) is 14.5. The Hall–Kier alpha value is -0.860. The molecule has 5 aliphatic rings. The van der Waals surface area contributed by atoms with Crippen LogP contribution in [-0.4, -0.2) is 24.0 Å². The molecule has 3 saturated carbocycles. The summed E-state index contributed by atoms with van der Waals surface area (Å²) in [7, 11) is 0. The first-order chi connectivity index (χ1) is 11.3. The third-order valence-electron chi connectivity index (χ3n) is 7.78. The number of hydrogen-bond donors (Lipinski definition) is 1. The van der Waals surface area contributed by atoms with Crippen LogP contribution >= 0.6 is 0 Å². The third kappa shape index (κ3) is 2.21. The zero-order valence-corrected chi connectivity index (χ0v) is 14.2. The van der Waals surface area contributed by atoms with Crippen molar-refractivity contribution in [1.82, 2.24) is 4.90 Å². The fraction of sp³-hybridized carbons (Fsp3) is 0.714. The van der Waals surface area contributed by atoms with Gasteiger partial charge in [0, 0.05) is 12.1 Å². The van der Waals surface area contributed by atoms with Crippen LogP contribution < -0.4 is 5.73 Å². The van der Waals surface area contributed by atoms with Crippen LogP contribution in [0, 0.1) is 11.8 Å². The smallest absolute Gasteiger partial charge is 0.0306 e. The van der Waals surface area contributed by atoms with Crippen LogP contribution in [-0.2, 0) is 5.41 Å². The first-order valence-electron chi connectivity index (χ1n) is 9.84. The average molecular weight is 310 g/mol. The fourth-order valence-electron chi connectivity index (χ4n) is 6.49. The minimum absolute atomic E-state index is 0.267. The second-order valence-corrected chi connectivity index (χ2v) is 8.80. The van der Waals surface area contributed by atoms with E-state index >= 15 is 0 Å². The van der Waals surface area contributed by atoms with Gasteiger partial charge in [-0.25, -0.2) is 0 Å². The van der Waals surface area contributed by atoms with Crippen LogP contribution in [0.15, 0.2) is 24.3 Å². The lowest BCUT2D eigenvalue weighted by molar-refractivity contribution is 0.00890. The van der Waals surface area contributed by atoms with Gasteiger partial charge in [0.2, 0.25) is 0 Å². The highest BCUT2D eigenvalue weighted by Gasteiger charge is 2.46. The van der Waals surface area contributed by atoms with Gasteiger partial charge in [0.05, 0.1) is 0 Å². The minimum Gasteiger partial charge on any atom is -0.324 e. The summed E-state index contributed by atoms with van der Waals surface area (Å²) in [5, 5.41) is 0. The predicted octanol–water partition coefficient (Wildman–Crippen LogP) is 4.00. The summed E-state index contributed by atoms with van der Waals surface area (Å²) in [6, 6.07) is 10.2. The maximum atomic E-state index is 6.47. The SMILES string of the molecule is N[C@@H]1CC2(CCN([C@H]3CC4CCC3CC4)CC2)c2ccccc21. The molecular formula is C21H30N2. The van der Waals surface area contributed by atoms with Crippen LogP contribution in [0.1, 0.15) is 68.5 Å². The second-order valence-electron chi connectivity index (χ2n) is 8.80. The van der Waals surface area contributed by atoms with Crippen molar-refractivity contribution in [2.24, 2.45) is 17.6 Å². The molecule has 23 heavy (non-hydrogen) atoms. The molecule has 1 spiro atoms. The molecule has 1 aliphatic heterocycles. The molecule has 2 nitrogen and oxygen atoms in total. The van der Waals surface area contributed by atoms with Crippen LogP contribution in [0.25, 0.3) is 0 Å². The molecule has 0 aromatic heterocycles. The van der Waals surface area contributed by atoms with E-state index in [9.17, 15) is 0 Å². The van der Waals surface area contributed by atoms with Crippen LogP contribution in [0.3, 0.4) is 0 Å². The van der Waals surface area contributed by atoms with Crippen LogP contribution in [0.2, 0.25) is 0 Å². The quantitative estimate of drug-likeness (QED) is 0.849. The van der Waals surface area contributed by atoms with Crippen molar-refractivity contribution in [1.29, 1.82) is 0 Å². The van der Waals surface area contributed by atoms with E-state index in [2.05, 4.69) is 29.2 Å². The molecule has 2 atom stereocenters. The van der Waals surface area contributed by atoms with Crippen molar-refractivity contribution >= 4 is 0 Å². The number of nitrogens with two attached hydrogens (primary N) is 1. The molecule has 2 heteroatoms. The summed E-state index contributed by atoms with van der Waals surface area (Å²) in [5.74, 6) is 2.05. The molecule has 2 bridgehead atoms. The molecular weight excluding hydrogens is 280 g/mol. The molecule has 1 saturated heterocycles. The second kappa shape index (κ2) is 5.32. The molecule has 0 amide bonds. The number of rotatable bonds is 1. The highest BCUT2D eigenvalue weighted by molar-refractivity contribution is 5.42. The van der Waals surface area contributed by atoms with Gasteiger partial charge in [0.25, 0.3) is 0 Å². The van der Waals surface area contributed by atoms with E-state index in [0.29, 0.717) is 5.41 Å². The van der Waals surface area contributed by atoms with E-state index in [4.69, 9.17) is 5.73 Å².